The number of benzene rings is 2. The number of aromatic nitrogens is 2. The maximum Gasteiger partial charge on any atom is 0.405 e. The molecule has 0 aliphatic carbocycles. The van der Waals surface area contributed by atoms with Crippen LogP contribution in [0.4, 0.5) is 4.79 Å². The Labute approximate surface area is 214 Å². The summed E-state index contributed by atoms with van der Waals surface area (Å²) in [5.74, 6) is 0.957. The smallest absolute Gasteiger partial charge is 0.405 e. The molecule has 0 fully saturated rings. The van der Waals surface area contributed by atoms with Gasteiger partial charge in [-0.3, -0.25) is 4.79 Å². The molecule has 0 radical (unpaired) electrons. The van der Waals surface area contributed by atoms with Gasteiger partial charge in [0.1, 0.15) is 17.4 Å². The van der Waals surface area contributed by atoms with Crippen molar-refractivity contribution in [2.45, 2.75) is 52.2 Å². The van der Waals surface area contributed by atoms with Crippen molar-refractivity contribution in [1.82, 2.24) is 20.4 Å². The summed E-state index contributed by atoms with van der Waals surface area (Å²) in [6.07, 6.45) is -0.0152. The third-order valence-electron chi connectivity index (χ3n) is 6.14. The molecule has 10 heteroatoms. The number of nitrogens with one attached hydrogen (secondary N) is 1. The van der Waals surface area contributed by atoms with Crippen LogP contribution in [0.5, 0.6) is 5.75 Å². The van der Waals surface area contributed by atoms with E-state index in [-0.39, 0.29) is 12.0 Å². The van der Waals surface area contributed by atoms with E-state index in [0.29, 0.717) is 54.5 Å². The molecule has 10 nitrogen and oxygen atoms in total. The predicted molar refractivity (Wildman–Crippen MR) is 135 cm³/mol. The summed E-state index contributed by atoms with van der Waals surface area (Å²) in [5.41, 5.74) is 2.77. The van der Waals surface area contributed by atoms with Crippen LogP contribution in [0.1, 0.15) is 44.4 Å². The molecule has 0 atom stereocenters. The molecule has 2 aromatic carbocycles. The Bertz CT molecular complexity index is 1370. The van der Waals surface area contributed by atoms with Crippen molar-refractivity contribution in [2.24, 2.45) is 0 Å². The van der Waals surface area contributed by atoms with E-state index in [0.717, 1.165) is 16.7 Å². The van der Waals surface area contributed by atoms with Crippen LogP contribution in [-0.2, 0) is 17.6 Å². The number of amides is 2. The second-order valence-corrected chi connectivity index (χ2v) is 9.74. The highest BCUT2D eigenvalue weighted by atomic mass is 16.5. The third-order valence-corrected chi connectivity index (χ3v) is 6.14. The van der Waals surface area contributed by atoms with Gasteiger partial charge in [0.25, 0.3) is 5.89 Å². The van der Waals surface area contributed by atoms with Crippen LogP contribution in [0, 0.1) is 11.3 Å². The largest absolute Gasteiger partial charge is 0.490 e. The lowest BCUT2D eigenvalue weighted by Crippen LogP contribution is -2.56. The zero-order valence-electron chi connectivity index (χ0n) is 21.2. The van der Waals surface area contributed by atoms with Gasteiger partial charge in [-0.15, -0.1) is 0 Å². The van der Waals surface area contributed by atoms with Crippen LogP contribution < -0.4 is 10.1 Å². The van der Waals surface area contributed by atoms with E-state index in [4.69, 9.17) is 14.4 Å². The summed E-state index contributed by atoms with van der Waals surface area (Å²) >= 11 is 0. The molecule has 4 rings (SSSR count). The summed E-state index contributed by atoms with van der Waals surface area (Å²) in [5, 5.41) is 25.0. The molecule has 192 valence electrons. The standard InChI is InChI=1S/C27H29N5O5/c1-16(2)36-22-8-7-20(14-21(22)15-28)24-29-23(31-37-24)19-6-5-17-9-11-32(12-10-18(17)13-19)25(33)27(3,4)30-26(34)35/h5-8,13-14,16,30H,9-12H2,1-4H3,(H,34,35). The highest BCUT2D eigenvalue weighted by molar-refractivity contribution is 5.89. The summed E-state index contributed by atoms with van der Waals surface area (Å²) in [6, 6.07) is 13.2. The Morgan fingerprint density at radius 3 is 2.51 bits per heavy atom. The second-order valence-electron chi connectivity index (χ2n) is 9.74. The molecule has 0 spiro atoms. The highest BCUT2D eigenvalue weighted by Gasteiger charge is 2.34. The van der Waals surface area contributed by atoms with Crippen molar-refractivity contribution in [3.8, 4) is 34.7 Å². The molecule has 2 heterocycles. The number of ether oxygens (including phenoxy) is 1. The molecule has 3 aromatic rings. The van der Waals surface area contributed by atoms with E-state index in [2.05, 4.69) is 21.5 Å². The van der Waals surface area contributed by atoms with Crippen molar-refractivity contribution < 1.29 is 24.0 Å². The Morgan fingerprint density at radius 1 is 1.14 bits per heavy atom. The first-order valence-electron chi connectivity index (χ1n) is 12.0. The van der Waals surface area contributed by atoms with Gasteiger partial charge in [-0.2, -0.15) is 10.2 Å². The van der Waals surface area contributed by atoms with Crippen LogP contribution in [0.15, 0.2) is 40.9 Å². The first kappa shape index (κ1) is 25.7. The number of hydrogen-bond acceptors (Lipinski definition) is 7. The molecule has 1 aliphatic rings. The average Bonchev–Trinajstić information content (AvgIpc) is 3.24. The number of fused-ring (bicyclic) bond motifs is 1. The lowest BCUT2D eigenvalue weighted by atomic mass is 10.00. The normalized spacial score (nSPS) is 13.5. The van der Waals surface area contributed by atoms with Crippen molar-refractivity contribution >= 4 is 12.0 Å². The maximum atomic E-state index is 12.9. The summed E-state index contributed by atoms with van der Waals surface area (Å²) in [7, 11) is 0. The average molecular weight is 504 g/mol. The SMILES string of the molecule is CC(C)Oc1ccc(-c2nc(-c3ccc4c(c3)CCN(C(=O)C(C)(C)NC(=O)O)CC4)no2)cc1C#N. The molecular formula is C27H29N5O5. The minimum Gasteiger partial charge on any atom is -0.490 e. The van der Waals surface area contributed by atoms with Gasteiger partial charge in [-0.05, 0) is 75.9 Å². The van der Waals surface area contributed by atoms with Crippen LogP contribution in [0.25, 0.3) is 22.8 Å². The van der Waals surface area contributed by atoms with Crippen molar-refractivity contribution in [3.05, 3.63) is 53.1 Å². The molecule has 37 heavy (non-hydrogen) atoms. The van der Waals surface area contributed by atoms with Crippen LogP contribution >= 0.6 is 0 Å². The van der Waals surface area contributed by atoms with Gasteiger partial charge < -0.3 is 24.6 Å². The van der Waals surface area contributed by atoms with Gasteiger partial charge >= 0.3 is 6.09 Å². The summed E-state index contributed by atoms with van der Waals surface area (Å²) < 4.78 is 11.2. The molecule has 2 amide bonds. The molecule has 0 bridgehead atoms. The molecule has 0 unspecified atom stereocenters. The Balaban J connectivity index is 1.52. The minimum absolute atomic E-state index is 0.0562. The lowest BCUT2D eigenvalue weighted by molar-refractivity contribution is -0.136. The fourth-order valence-corrected chi connectivity index (χ4v) is 4.35. The van der Waals surface area contributed by atoms with E-state index in [1.165, 1.54) is 0 Å². The van der Waals surface area contributed by atoms with Crippen LogP contribution in [-0.4, -0.2) is 56.9 Å². The molecule has 0 saturated heterocycles. The number of rotatable bonds is 6. The topological polar surface area (TPSA) is 142 Å². The molecule has 1 aromatic heterocycles. The van der Waals surface area contributed by atoms with Crippen LogP contribution in [0.2, 0.25) is 0 Å². The van der Waals surface area contributed by atoms with E-state index in [1.54, 1.807) is 36.9 Å². The lowest BCUT2D eigenvalue weighted by Gasteiger charge is -2.31. The Hall–Kier alpha value is -4.39. The first-order valence-corrected chi connectivity index (χ1v) is 12.0. The number of nitrogens with zero attached hydrogens (tertiary/aromatic N) is 4. The fraction of sp³-hybridized carbons (Fsp3) is 0.370. The number of hydrogen-bond donors (Lipinski definition) is 2. The Kier molecular flexibility index (Phi) is 7.16. The summed E-state index contributed by atoms with van der Waals surface area (Å²) in [6.45, 7) is 7.90. The zero-order chi connectivity index (χ0) is 26.7. The van der Waals surface area contributed by atoms with E-state index in [9.17, 15) is 14.9 Å². The van der Waals surface area contributed by atoms with Crippen molar-refractivity contribution in [1.29, 1.82) is 5.26 Å². The van der Waals surface area contributed by atoms with Crippen molar-refractivity contribution in [3.63, 3.8) is 0 Å². The van der Waals surface area contributed by atoms with Gasteiger partial charge in [0.2, 0.25) is 11.7 Å². The van der Waals surface area contributed by atoms with Gasteiger partial charge in [-0.1, -0.05) is 17.3 Å². The maximum absolute atomic E-state index is 12.9. The monoisotopic (exact) mass is 503 g/mol. The van der Waals surface area contributed by atoms with Gasteiger partial charge in [0, 0.05) is 24.2 Å². The summed E-state index contributed by atoms with van der Waals surface area (Å²) in [4.78, 5) is 30.3. The van der Waals surface area contributed by atoms with Gasteiger partial charge in [0.05, 0.1) is 11.7 Å². The highest BCUT2D eigenvalue weighted by Crippen LogP contribution is 2.29. The number of carboxylic acid groups (broad SMARTS) is 1. The van der Waals surface area contributed by atoms with E-state index in [1.807, 2.05) is 32.0 Å². The minimum atomic E-state index is -1.23. The quantitative estimate of drug-likeness (QED) is 0.513. The van der Waals surface area contributed by atoms with Gasteiger partial charge in [-0.25, -0.2) is 4.79 Å². The zero-order valence-corrected chi connectivity index (χ0v) is 21.2. The predicted octanol–water partition coefficient (Wildman–Crippen LogP) is 4.04. The Morgan fingerprint density at radius 2 is 1.84 bits per heavy atom. The molecular weight excluding hydrogens is 474 g/mol. The number of carbonyl (C=O) groups is 2. The molecule has 2 N–H and O–H groups in total. The number of carbonyl (C=O) groups excluding carboxylic acids is 1. The van der Waals surface area contributed by atoms with Gasteiger partial charge in [0.15, 0.2) is 0 Å². The van der Waals surface area contributed by atoms with Crippen molar-refractivity contribution in [2.75, 3.05) is 13.1 Å². The number of nitriles is 1. The third kappa shape index (κ3) is 5.72. The molecule has 0 saturated carbocycles. The molecule has 1 aliphatic heterocycles. The van der Waals surface area contributed by atoms with Crippen LogP contribution in [0.3, 0.4) is 0 Å². The second kappa shape index (κ2) is 10.3. The van der Waals surface area contributed by atoms with E-state index < -0.39 is 11.6 Å². The fourth-order valence-electron chi connectivity index (χ4n) is 4.35. The first-order chi connectivity index (χ1) is 17.6. The van der Waals surface area contributed by atoms with E-state index >= 15 is 0 Å².